The second-order valence-corrected chi connectivity index (χ2v) is 6.53. The standard InChI is InChI=1S/C18H24N2O4/c1-19-17(21,22)12-20(13-18(19,23)24)16(14-8-4-2-5-9-14)15-10-6-3-7-11-15/h2-6,8-10,16,21-24H,7,11-13H2,1H3. The van der Waals surface area contributed by atoms with Crippen molar-refractivity contribution < 1.29 is 20.4 Å². The van der Waals surface area contributed by atoms with Crippen molar-refractivity contribution in [3.8, 4) is 0 Å². The molecule has 0 amide bonds. The molecule has 6 heteroatoms. The molecule has 1 fully saturated rings. The van der Waals surface area contributed by atoms with E-state index in [4.69, 9.17) is 0 Å². The first-order chi connectivity index (χ1) is 11.3. The van der Waals surface area contributed by atoms with Crippen LogP contribution in [0.1, 0.15) is 24.4 Å². The van der Waals surface area contributed by atoms with Crippen molar-refractivity contribution in [1.29, 1.82) is 0 Å². The van der Waals surface area contributed by atoms with Crippen LogP contribution >= 0.6 is 0 Å². The Balaban J connectivity index is 2.00. The minimum Gasteiger partial charge on any atom is -0.352 e. The van der Waals surface area contributed by atoms with Crippen LogP contribution in [0, 0.1) is 0 Å². The summed E-state index contributed by atoms with van der Waals surface area (Å²) in [6.45, 7) is -0.236. The van der Waals surface area contributed by atoms with Crippen LogP contribution in [-0.2, 0) is 0 Å². The summed E-state index contributed by atoms with van der Waals surface area (Å²) in [6, 6.07) is 9.46. The van der Waals surface area contributed by atoms with Crippen molar-refractivity contribution >= 4 is 0 Å². The second kappa shape index (κ2) is 6.40. The minimum absolute atomic E-state index is 0.118. The molecule has 2 aliphatic rings. The molecule has 1 aliphatic carbocycles. The molecule has 0 spiro atoms. The molecule has 1 aliphatic heterocycles. The maximum absolute atomic E-state index is 10.2. The summed E-state index contributed by atoms with van der Waals surface area (Å²) in [5.41, 5.74) is 2.09. The van der Waals surface area contributed by atoms with Gasteiger partial charge in [-0.25, -0.2) is 4.90 Å². The van der Waals surface area contributed by atoms with Gasteiger partial charge in [-0.3, -0.25) is 4.90 Å². The van der Waals surface area contributed by atoms with Gasteiger partial charge in [-0.05, 0) is 31.0 Å². The van der Waals surface area contributed by atoms with E-state index >= 15 is 0 Å². The van der Waals surface area contributed by atoms with Gasteiger partial charge in [-0.2, -0.15) is 0 Å². The van der Waals surface area contributed by atoms with Gasteiger partial charge in [0.15, 0.2) is 0 Å². The maximum Gasteiger partial charge on any atom is 0.242 e. The van der Waals surface area contributed by atoms with Gasteiger partial charge in [0.25, 0.3) is 0 Å². The smallest absolute Gasteiger partial charge is 0.242 e. The first kappa shape index (κ1) is 17.3. The van der Waals surface area contributed by atoms with Crippen LogP contribution in [0.5, 0.6) is 0 Å². The highest BCUT2D eigenvalue weighted by atomic mass is 16.6. The van der Waals surface area contributed by atoms with Crippen LogP contribution in [0.2, 0.25) is 0 Å². The predicted molar refractivity (Wildman–Crippen MR) is 89.3 cm³/mol. The third-order valence-corrected chi connectivity index (χ3v) is 4.78. The highest BCUT2D eigenvalue weighted by Crippen LogP contribution is 2.37. The number of likely N-dealkylation sites (N-methyl/N-ethyl adjacent to an activating group) is 1. The lowest BCUT2D eigenvalue weighted by molar-refractivity contribution is -0.407. The van der Waals surface area contributed by atoms with Crippen LogP contribution in [0.25, 0.3) is 0 Å². The zero-order valence-electron chi connectivity index (χ0n) is 13.7. The monoisotopic (exact) mass is 332 g/mol. The van der Waals surface area contributed by atoms with Crippen LogP contribution in [0.3, 0.4) is 0 Å². The van der Waals surface area contributed by atoms with Gasteiger partial charge in [-0.1, -0.05) is 48.6 Å². The summed E-state index contributed by atoms with van der Waals surface area (Å²) in [7, 11) is 1.28. The molecule has 4 N–H and O–H groups in total. The second-order valence-electron chi connectivity index (χ2n) is 6.53. The maximum atomic E-state index is 10.2. The van der Waals surface area contributed by atoms with E-state index < -0.39 is 11.8 Å². The number of piperazine rings is 1. The van der Waals surface area contributed by atoms with Crippen molar-refractivity contribution in [2.24, 2.45) is 0 Å². The molecule has 0 aromatic heterocycles. The molecule has 3 rings (SSSR count). The van der Waals surface area contributed by atoms with Crippen molar-refractivity contribution in [3.63, 3.8) is 0 Å². The quantitative estimate of drug-likeness (QED) is 0.604. The van der Waals surface area contributed by atoms with E-state index in [2.05, 4.69) is 6.08 Å². The number of rotatable bonds is 3. The molecule has 0 bridgehead atoms. The number of β-amino-alcohol motifs (C(OH)–C–C–N with tert-alkyl or cyclic N) is 4. The number of hydrogen-bond acceptors (Lipinski definition) is 6. The SMILES string of the molecule is CN1C(O)(O)CN(C(C2=CC=CCC2)c2ccccc2)CC1(O)O. The van der Waals surface area contributed by atoms with E-state index in [1.807, 2.05) is 42.5 Å². The highest BCUT2D eigenvalue weighted by Gasteiger charge is 2.51. The Labute approximate surface area is 141 Å². The molecule has 1 atom stereocenters. The van der Waals surface area contributed by atoms with Crippen LogP contribution in [0.15, 0.2) is 54.1 Å². The van der Waals surface area contributed by atoms with Gasteiger partial charge in [-0.15, -0.1) is 0 Å². The average Bonchev–Trinajstić information content (AvgIpc) is 2.54. The fourth-order valence-electron chi connectivity index (χ4n) is 3.43. The summed E-state index contributed by atoms with van der Waals surface area (Å²) >= 11 is 0. The van der Waals surface area contributed by atoms with E-state index in [0.717, 1.165) is 28.9 Å². The Kier molecular flexibility index (Phi) is 4.61. The molecule has 0 saturated carbocycles. The largest absolute Gasteiger partial charge is 0.352 e. The van der Waals surface area contributed by atoms with Crippen molar-refractivity contribution in [3.05, 3.63) is 59.7 Å². The molecule has 1 saturated heterocycles. The van der Waals surface area contributed by atoms with Crippen molar-refractivity contribution in [2.45, 2.75) is 30.7 Å². The Morgan fingerprint density at radius 3 is 2.17 bits per heavy atom. The number of benzene rings is 1. The number of hydrogen-bond donors (Lipinski definition) is 4. The molecule has 1 aromatic carbocycles. The molecule has 130 valence electrons. The third-order valence-electron chi connectivity index (χ3n) is 4.78. The Bertz CT molecular complexity index is 622. The lowest BCUT2D eigenvalue weighted by Gasteiger charge is -2.51. The number of aliphatic hydroxyl groups is 4. The van der Waals surface area contributed by atoms with E-state index in [1.54, 1.807) is 4.90 Å². The molecule has 1 unspecified atom stereocenters. The molecule has 1 aromatic rings. The average molecular weight is 332 g/mol. The molecule has 1 heterocycles. The van der Waals surface area contributed by atoms with Crippen LogP contribution in [-0.4, -0.2) is 62.2 Å². The Morgan fingerprint density at radius 2 is 1.62 bits per heavy atom. The number of nitrogens with zero attached hydrogens (tertiary/aromatic N) is 2. The third kappa shape index (κ3) is 3.30. The zero-order valence-corrected chi connectivity index (χ0v) is 13.7. The fourth-order valence-corrected chi connectivity index (χ4v) is 3.43. The van der Waals surface area contributed by atoms with E-state index in [-0.39, 0.29) is 19.1 Å². The van der Waals surface area contributed by atoms with Gasteiger partial charge in [0.1, 0.15) is 0 Å². The van der Waals surface area contributed by atoms with E-state index in [9.17, 15) is 20.4 Å². The molecule has 0 radical (unpaired) electrons. The van der Waals surface area contributed by atoms with Crippen molar-refractivity contribution in [1.82, 2.24) is 9.80 Å². The number of allylic oxidation sites excluding steroid dienone is 3. The fraction of sp³-hybridized carbons (Fsp3) is 0.444. The van der Waals surface area contributed by atoms with E-state index in [0.29, 0.717) is 0 Å². The van der Waals surface area contributed by atoms with Gasteiger partial charge in [0.05, 0.1) is 19.1 Å². The zero-order chi connectivity index (χ0) is 17.4. The van der Waals surface area contributed by atoms with Crippen LogP contribution in [0.4, 0.5) is 0 Å². The lowest BCUT2D eigenvalue weighted by atomic mass is 9.90. The first-order valence-electron chi connectivity index (χ1n) is 8.09. The predicted octanol–water partition coefficient (Wildman–Crippen LogP) is 0.528. The van der Waals surface area contributed by atoms with Gasteiger partial charge >= 0.3 is 0 Å². The molecular weight excluding hydrogens is 308 g/mol. The summed E-state index contributed by atoms with van der Waals surface area (Å²) in [5, 5.41) is 40.9. The summed E-state index contributed by atoms with van der Waals surface area (Å²) in [4.78, 5) is 2.48. The summed E-state index contributed by atoms with van der Waals surface area (Å²) < 4.78 is 0. The minimum atomic E-state index is -2.33. The lowest BCUT2D eigenvalue weighted by Crippen LogP contribution is -2.71. The summed E-state index contributed by atoms with van der Waals surface area (Å²) in [5.74, 6) is -4.67. The van der Waals surface area contributed by atoms with Gasteiger partial charge in [0, 0.05) is 0 Å². The van der Waals surface area contributed by atoms with Gasteiger partial charge in [0.2, 0.25) is 11.8 Å². The van der Waals surface area contributed by atoms with Gasteiger partial charge < -0.3 is 20.4 Å². The van der Waals surface area contributed by atoms with Crippen LogP contribution < -0.4 is 0 Å². The Morgan fingerprint density at radius 1 is 1.00 bits per heavy atom. The Hall–Kier alpha value is -1.54. The molecule has 24 heavy (non-hydrogen) atoms. The first-order valence-corrected chi connectivity index (χ1v) is 8.09. The normalized spacial score (nSPS) is 25.3. The molecular formula is C18H24N2O4. The molecule has 6 nitrogen and oxygen atoms in total. The van der Waals surface area contributed by atoms with Crippen molar-refractivity contribution in [2.75, 3.05) is 20.1 Å². The topological polar surface area (TPSA) is 87.4 Å². The summed E-state index contributed by atoms with van der Waals surface area (Å²) in [6.07, 6.45) is 7.85. The van der Waals surface area contributed by atoms with E-state index in [1.165, 1.54) is 7.05 Å². The highest BCUT2D eigenvalue weighted by molar-refractivity contribution is 5.32.